The Morgan fingerprint density at radius 2 is 1.89 bits per heavy atom. The van der Waals surface area contributed by atoms with Crippen molar-refractivity contribution in [2.75, 3.05) is 31.6 Å². The molecule has 240 valence electrons. The third-order valence-corrected chi connectivity index (χ3v) is 8.13. The van der Waals surface area contributed by atoms with Crippen LogP contribution < -0.4 is 10.1 Å². The highest BCUT2D eigenvalue weighted by molar-refractivity contribution is 5.97. The van der Waals surface area contributed by atoms with Gasteiger partial charge in [0.25, 0.3) is 0 Å². The summed E-state index contributed by atoms with van der Waals surface area (Å²) in [4.78, 5) is 36.4. The first-order valence-corrected chi connectivity index (χ1v) is 15.8. The first-order valence-electron chi connectivity index (χ1n) is 15.8. The Hall–Kier alpha value is -5.23. The highest BCUT2D eigenvalue weighted by Gasteiger charge is 2.19. The fourth-order valence-electron chi connectivity index (χ4n) is 5.95. The number of imidazole rings is 1. The molecule has 11 nitrogen and oxygen atoms in total. The lowest BCUT2D eigenvalue weighted by Gasteiger charge is -2.17. The number of H-pyrrole nitrogens is 2. The van der Waals surface area contributed by atoms with Crippen molar-refractivity contribution in [3.63, 3.8) is 0 Å². The number of ether oxygens (including phenoxy) is 1. The lowest BCUT2D eigenvalue weighted by molar-refractivity contribution is -0.117. The van der Waals surface area contributed by atoms with Crippen LogP contribution in [0.15, 0.2) is 61.2 Å². The number of nitrogens with zero attached hydrogens (tertiary/aromatic N) is 6. The maximum absolute atomic E-state index is 14.8. The highest BCUT2D eigenvalue weighted by atomic mass is 19.1. The number of nitrogens with one attached hydrogen (secondary N) is 3. The highest BCUT2D eigenvalue weighted by Crippen LogP contribution is 2.34. The second kappa shape index (κ2) is 12.5. The van der Waals surface area contributed by atoms with Crippen molar-refractivity contribution < 1.29 is 13.9 Å². The minimum Gasteiger partial charge on any atom is -0.492 e. The predicted molar refractivity (Wildman–Crippen MR) is 179 cm³/mol. The van der Waals surface area contributed by atoms with E-state index in [1.165, 1.54) is 25.0 Å². The molecular formula is C35H36FN9O2. The van der Waals surface area contributed by atoms with Crippen LogP contribution in [0.3, 0.4) is 0 Å². The number of likely N-dealkylation sites (tertiary alicyclic amines) is 1. The summed E-state index contributed by atoms with van der Waals surface area (Å²) in [5, 5.41) is 11.3. The predicted octanol–water partition coefficient (Wildman–Crippen LogP) is 6.61. The minimum atomic E-state index is -0.381. The number of aromatic nitrogens is 7. The molecule has 0 bridgehead atoms. The third-order valence-electron chi connectivity index (χ3n) is 8.13. The molecule has 7 rings (SSSR count). The number of halogens is 1. The van der Waals surface area contributed by atoms with Gasteiger partial charge >= 0.3 is 0 Å². The molecule has 3 N–H and O–H groups in total. The molecule has 1 aromatic carbocycles. The van der Waals surface area contributed by atoms with Crippen LogP contribution in [0.5, 0.6) is 5.75 Å². The summed E-state index contributed by atoms with van der Waals surface area (Å²) in [6.45, 7) is 9.54. The molecule has 1 aliphatic heterocycles. The maximum Gasteiger partial charge on any atom is 0.224 e. The molecule has 5 aromatic heterocycles. The summed E-state index contributed by atoms with van der Waals surface area (Å²) < 4.78 is 20.8. The van der Waals surface area contributed by atoms with Crippen molar-refractivity contribution >= 4 is 33.7 Å². The number of carbonyl (C=O) groups excluding carboxylic acids is 1. The SMILES string of the molecule is CC(C)(C)CC(=O)Nc1cncc(-c2cc3c(-c4nc5nccc(-c6cc(F)cc(OCCN7CCCC7)c6)c5[nH]4)n[nH]c3cn2)c1. The molecule has 1 saturated heterocycles. The Bertz CT molecular complexity index is 2080. The molecule has 0 spiro atoms. The summed E-state index contributed by atoms with van der Waals surface area (Å²) in [6.07, 6.45) is 9.50. The molecule has 0 unspecified atom stereocenters. The van der Waals surface area contributed by atoms with Crippen molar-refractivity contribution in [2.24, 2.45) is 5.41 Å². The van der Waals surface area contributed by atoms with Crippen LogP contribution in [0.25, 0.3) is 56.0 Å². The smallest absolute Gasteiger partial charge is 0.224 e. The van der Waals surface area contributed by atoms with Gasteiger partial charge in [0.05, 0.1) is 34.8 Å². The Morgan fingerprint density at radius 3 is 2.72 bits per heavy atom. The summed E-state index contributed by atoms with van der Waals surface area (Å²) in [6, 6.07) is 10.3. The van der Waals surface area contributed by atoms with E-state index in [2.05, 4.69) is 40.3 Å². The number of amides is 1. The van der Waals surface area contributed by atoms with E-state index < -0.39 is 0 Å². The number of pyridine rings is 3. The average molecular weight is 634 g/mol. The van der Waals surface area contributed by atoms with Crippen molar-refractivity contribution in [1.82, 2.24) is 40.0 Å². The number of fused-ring (bicyclic) bond motifs is 2. The molecular weight excluding hydrogens is 597 g/mol. The molecule has 0 aliphatic carbocycles. The monoisotopic (exact) mass is 633 g/mol. The van der Waals surface area contributed by atoms with Gasteiger partial charge in [-0.3, -0.25) is 24.8 Å². The average Bonchev–Trinajstić information content (AvgIpc) is 3.79. The van der Waals surface area contributed by atoms with Gasteiger partial charge in [0, 0.05) is 47.9 Å². The third kappa shape index (κ3) is 6.82. The van der Waals surface area contributed by atoms with E-state index in [-0.39, 0.29) is 17.1 Å². The zero-order chi connectivity index (χ0) is 32.5. The second-order valence-corrected chi connectivity index (χ2v) is 13.2. The summed E-state index contributed by atoms with van der Waals surface area (Å²) >= 11 is 0. The van der Waals surface area contributed by atoms with Crippen LogP contribution in [0.4, 0.5) is 10.1 Å². The Labute approximate surface area is 271 Å². The van der Waals surface area contributed by atoms with Crippen molar-refractivity contribution in [1.29, 1.82) is 0 Å². The topological polar surface area (TPSA) is 138 Å². The molecule has 0 atom stereocenters. The van der Waals surface area contributed by atoms with E-state index in [1.807, 2.05) is 45.0 Å². The number of carbonyl (C=O) groups is 1. The van der Waals surface area contributed by atoms with Crippen molar-refractivity contribution in [3.05, 3.63) is 67.0 Å². The number of hydrogen-bond acceptors (Lipinski definition) is 8. The van der Waals surface area contributed by atoms with Crippen LogP contribution in [0.1, 0.15) is 40.0 Å². The molecule has 6 heterocycles. The number of rotatable bonds is 9. The van der Waals surface area contributed by atoms with Crippen LogP contribution >= 0.6 is 0 Å². The summed E-state index contributed by atoms with van der Waals surface area (Å²) in [7, 11) is 0. The van der Waals surface area contributed by atoms with Gasteiger partial charge in [0.1, 0.15) is 23.9 Å². The quantitative estimate of drug-likeness (QED) is 0.162. The van der Waals surface area contributed by atoms with Crippen molar-refractivity contribution in [3.8, 4) is 39.7 Å². The summed E-state index contributed by atoms with van der Waals surface area (Å²) in [5.41, 5.74) is 5.71. The number of anilines is 1. The second-order valence-electron chi connectivity index (χ2n) is 13.2. The van der Waals surface area contributed by atoms with Crippen molar-refractivity contribution in [2.45, 2.75) is 40.0 Å². The number of aromatic amines is 2. The lowest BCUT2D eigenvalue weighted by Crippen LogP contribution is -2.25. The fourth-order valence-corrected chi connectivity index (χ4v) is 5.95. The number of benzene rings is 1. The molecule has 1 fully saturated rings. The summed E-state index contributed by atoms with van der Waals surface area (Å²) in [5.74, 6) is 0.529. The van der Waals surface area contributed by atoms with E-state index in [4.69, 9.17) is 9.72 Å². The first kappa shape index (κ1) is 30.4. The Balaban J connectivity index is 1.17. The molecule has 1 aliphatic rings. The van der Waals surface area contributed by atoms with Crippen LogP contribution in [0, 0.1) is 11.2 Å². The fraction of sp³-hybridized carbons (Fsp3) is 0.314. The lowest BCUT2D eigenvalue weighted by atomic mass is 9.92. The Morgan fingerprint density at radius 1 is 1.04 bits per heavy atom. The van der Waals surface area contributed by atoms with Gasteiger partial charge in [-0.15, -0.1) is 0 Å². The van der Waals surface area contributed by atoms with Gasteiger partial charge in [0.2, 0.25) is 5.91 Å². The molecule has 0 saturated carbocycles. The van der Waals surface area contributed by atoms with Gasteiger partial charge in [-0.25, -0.2) is 14.4 Å². The largest absolute Gasteiger partial charge is 0.492 e. The molecule has 0 radical (unpaired) electrons. The van der Waals surface area contributed by atoms with Gasteiger partial charge in [-0.1, -0.05) is 20.8 Å². The molecule has 1 amide bonds. The van der Waals surface area contributed by atoms with E-state index in [9.17, 15) is 9.18 Å². The van der Waals surface area contributed by atoms with E-state index in [1.54, 1.807) is 24.8 Å². The van der Waals surface area contributed by atoms with Gasteiger partial charge in [0.15, 0.2) is 11.5 Å². The molecule has 47 heavy (non-hydrogen) atoms. The van der Waals surface area contributed by atoms with Gasteiger partial charge in [-0.2, -0.15) is 5.10 Å². The zero-order valence-electron chi connectivity index (χ0n) is 26.6. The van der Waals surface area contributed by atoms with Crippen LogP contribution in [-0.2, 0) is 4.79 Å². The molecule has 12 heteroatoms. The van der Waals surface area contributed by atoms with E-state index in [0.29, 0.717) is 58.4 Å². The van der Waals surface area contributed by atoms with E-state index in [0.717, 1.165) is 41.7 Å². The number of hydrogen-bond donors (Lipinski definition) is 3. The van der Waals surface area contributed by atoms with Crippen LogP contribution in [0.2, 0.25) is 0 Å². The minimum absolute atomic E-state index is 0.0747. The standard InChI is InChI=1S/C35H36FN9O2/c1-35(2,3)17-30(46)40-24-13-22(18-37-19-24)28-16-27-29(20-39-28)43-44-32(27)34-41-31-26(6-7-38-33(31)42-34)21-12-23(36)15-25(14-21)47-11-10-45-8-4-5-9-45/h6-7,12-16,18-20H,4-5,8-11,17H2,1-3H3,(H,40,46)(H,43,44)(H,38,41,42). The van der Waals surface area contributed by atoms with Crippen LogP contribution in [-0.4, -0.2) is 72.2 Å². The Kier molecular flexibility index (Phi) is 8.10. The molecule has 6 aromatic rings. The van der Waals surface area contributed by atoms with E-state index >= 15 is 0 Å². The van der Waals surface area contributed by atoms with Gasteiger partial charge in [-0.05, 0) is 67.2 Å². The maximum atomic E-state index is 14.8. The zero-order valence-corrected chi connectivity index (χ0v) is 26.6. The van der Waals surface area contributed by atoms with Gasteiger partial charge < -0.3 is 15.0 Å². The first-order chi connectivity index (χ1) is 22.7. The normalized spacial score (nSPS) is 13.9.